The summed E-state index contributed by atoms with van der Waals surface area (Å²) in [6.45, 7) is 8.09. The Balaban J connectivity index is 2.18. The smallest absolute Gasteiger partial charge is 0.220 e. The molecule has 0 atom stereocenters. The Morgan fingerprint density at radius 2 is 2.22 bits per heavy atom. The molecule has 0 aliphatic rings. The van der Waals surface area contributed by atoms with Gasteiger partial charge in [-0.05, 0) is 38.0 Å². The third-order valence-corrected chi connectivity index (χ3v) is 3.78. The number of methoxy groups -OCH3 is 1. The van der Waals surface area contributed by atoms with E-state index in [9.17, 15) is 4.79 Å². The Bertz CT molecular complexity index is 704. The molecule has 0 unspecified atom stereocenters. The van der Waals surface area contributed by atoms with E-state index in [-0.39, 0.29) is 5.91 Å². The van der Waals surface area contributed by atoms with Crippen LogP contribution in [0.4, 0.5) is 0 Å². The molecule has 0 radical (unpaired) electrons. The second kappa shape index (κ2) is 7.63. The summed E-state index contributed by atoms with van der Waals surface area (Å²) >= 11 is 0. The zero-order valence-electron chi connectivity index (χ0n) is 13.9. The second-order valence-corrected chi connectivity index (χ2v) is 5.36. The second-order valence-electron chi connectivity index (χ2n) is 5.36. The van der Waals surface area contributed by atoms with Gasteiger partial charge in [-0.3, -0.25) is 4.79 Å². The van der Waals surface area contributed by atoms with Gasteiger partial charge in [-0.2, -0.15) is 5.10 Å². The molecule has 0 fully saturated rings. The highest BCUT2D eigenvalue weighted by Crippen LogP contribution is 2.22. The lowest BCUT2D eigenvalue weighted by Gasteiger charge is -2.07. The highest BCUT2D eigenvalue weighted by atomic mass is 16.5. The number of rotatable bonds is 7. The van der Waals surface area contributed by atoms with Crippen molar-refractivity contribution in [2.45, 2.75) is 26.7 Å². The minimum absolute atomic E-state index is 0.0258. The molecule has 23 heavy (non-hydrogen) atoms. The maximum atomic E-state index is 11.8. The first-order chi connectivity index (χ1) is 11.1. The van der Waals surface area contributed by atoms with Crippen molar-refractivity contribution in [2.75, 3.05) is 13.7 Å². The van der Waals surface area contributed by atoms with Crippen molar-refractivity contribution in [2.24, 2.45) is 0 Å². The number of nitrogens with one attached hydrogen (secondary N) is 1. The van der Waals surface area contributed by atoms with Crippen LogP contribution in [0.2, 0.25) is 0 Å². The Morgan fingerprint density at radius 3 is 2.91 bits per heavy atom. The van der Waals surface area contributed by atoms with Crippen LogP contribution in [0.25, 0.3) is 5.69 Å². The molecule has 0 bridgehead atoms. The molecule has 1 N–H and O–H groups in total. The lowest BCUT2D eigenvalue weighted by molar-refractivity contribution is -0.120. The maximum Gasteiger partial charge on any atom is 0.220 e. The first-order valence-electron chi connectivity index (χ1n) is 7.64. The molecule has 1 aromatic heterocycles. The van der Waals surface area contributed by atoms with E-state index in [1.54, 1.807) is 13.2 Å². The van der Waals surface area contributed by atoms with Gasteiger partial charge in [-0.1, -0.05) is 12.1 Å². The Labute approximate surface area is 137 Å². The van der Waals surface area contributed by atoms with Crippen LogP contribution in [0.3, 0.4) is 0 Å². The number of aromatic nitrogens is 2. The van der Waals surface area contributed by atoms with Gasteiger partial charge >= 0.3 is 0 Å². The summed E-state index contributed by atoms with van der Waals surface area (Å²) in [5.74, 6) is 0.818. The third kappa shape index (κ3) is 4.00. The van der Waals surface area contributed by atoms with Gasteiger partial charge < -0.3 is 10.1 Å². The van der Waals surface area contributed by atoms with Gasteiger partial charge in [0, 0.05) is 24.7 Å². The fraction of sp³-hybridized carbons (Fsp3) is 0.333. The van der Waals surface area contributed by atoms with Crippen LogP contribution in [0.5, 0.6) is 5.75 Å². The zero-order valence-corrected chi connectivity index (χ0v) is 13.9. The van der Waals surface area contributed by atoms with Gasteiger partial charge in [0.05, 0.1) is 18.5 Å². The topological polar surface area (TPSA) is 56.2 Å². The molecule has 1 heterocycles. The van der Waals surface area contributed by atoms with Gasteiger partial charge in [0.2, 0.25) is 5.91 Å². The average molecular weight is 313 g/mol. The van der Waals surface area contributed by atoms with E-state index in [4.69, 9.17) is 4.74 Å². The largest absolute Gasteiger partial charge is 0.497 e. The number of carbonyl (C=O) groups excluding carboxylic acids is 1. The minimum atomic E-state index is 0.0258. The standard InChI is InChI=1S/C18H23N3O2/c1-5-11-19-18(22)10-9-17-13(2)20-21(14(17)3)15-7-6-8-16(12-15)23-4/h5-8,12H,1,9-11H2,2-4H3,(H,19,22). The number of hydrogen-bond donors (Lipinski definition) is 1. The average Bonchev–Trinajstić information content (AvgIpc) is 2.85. The van der Waals surface area contributed by atoms with Crippen molar-refractivity contribution in [3.05, 3.63) is 53.9 Å². The van der Waals surface area contributed by atoms with Crippen molar-refractivity contribution in [3.8, 4) is 11.4 Å². The van der Waals surface area contributed by atoms with Crippen molar-refractivity contribution < 1.29 is 9.53 Å². The summed E-state index contributed by atoms with van der Waals surface area (Å²) in [6.07, 6.45) is 2.79. The molecule has 2 aromatic rings. The van der Waals surface area contributed by atoms with E-state index < -0.39 is 0 Å². The predicted molar refractivity (Wildman–Crippen MR) is 91.1 cm³/mol. The highest BCUT2D eigenvalue weighted by Gasteiger charge is 2.14. The summed E-state index contributed by atoms with van der Waals surface area (Å²) in [5, 5.41) is 7.40. The predicted octanol–water partition coefficient (Wildman–Crippen LogP) is 2.73. The summed E-state index contributed by atoms with van der Waals surface area (Å²) in [4.78, 5) is 11.8. The van der Waals surface area contributed by atoms with Crippen molar-refractivity contribution in [1.82, 2.24) is 15.1 Å². The Morgan fingerprint density at radius 1 is 1.43 bits per heavy atom. The first-order valence-corrected chi connectivity index (χ1v) is 7.64. The molecular weight excluding hydrogens is 290 g/mol. The molecule has 5 heteroatoms. The normalized spacial score (nSPS) is 10.4. The van der Waals surface area contributed by atoms with E-state index in [0.29, 0.717) is 19.4 Å². The quantitative estimate of drug-likeness (QED) is 0.800. The van der Waals surface area contributed by atoms with Crippen LogP contribution in [-0.4, -0.2) is 29.3 Å². The molecule has 0 aliphatic carbocycles. The van der Waals surface area contributed by atoms with Gasteiger partial charge in [0.15, 0.2) is 0 Å². The minimum Gasteiger partial charge on any atom is -0.497 e. The molecule has 2 rings (SSSR count). The van der Waals surface area contributed by atoms with E-state index >= 15 is 0 Å². The van der Waals surface area contributed by atoms with Crippen molar-refractivity contribution >= 4 is 5.91 Å². The molecule has 0 aliphatic heterocycles. The summed E-state index contributed by atoms with van der Waals surface area (Å²) in [5.41, 5.74) is 4.06. The van der Waals surface area contributed by atoms with E-state index in [1.807, 2.05) is 42.8 Å². The number of hydrogen-bond acceptors (Lipinski definition) is 3. The van der Waals surface area contributed by atoms with Gasteiger partial charge in [0.1, 0.15) is 5.75 Å². The summed E-state index contributed by atoms with van der Waals surface area (Å²) < 4.78 is 7.17. The maximum absolute atomic E-state index is 11.8. The monoisotopic (exact) mass is 313 g/mol. The molecule has 1 aromatic carbocycles. The van der Waals surface area contributed by atoms with E-state index in [2.05, 4.69) is 17.0 Å². The lowest BCUT2D eigenvalue weighted by atomic mass is 10.1. The Hall–Kier alpha value is -2.56. The Kier molecular flexibility index (Phi) is 5.57. The van der Waals surface area contributed by atoms with Crippen molar-refractivity contribution in [3.63, 3.8) is 0 Å². The molecule has 5 nitrogen and oxygen atoms in total. The van der Waals surface area contributed by atoms with Gasteiger partial charge in [-0.15, -0.1) is 6.58 Å². The number of aryl methyl sites for hydroxylation is 1. The zero-order chi connectivity index (χ0) is 16.8. The van der Waals surface area contributed by atoms with Crippen LogP contribution in [-0.2, 0) is 11.2 Å². The first kappa shape index (κ1) is 16.8. The molecule has 0 saturated heterocycles. The SMILES string of the molecule is C=CCNC(=O)CCc1c(C)nn(-c2cccc(OC)c2)c1C. The molecular formula is C18H23N3O2. The van der Waals surface area contributed by atoms with Crippen LogP contribution >= 0.6 is 0 Å². The number of amides is 1. The number of benzene rings is 1. The number of carbonyl (C=O) groups is 1. The fourth-order valence-electron chi connectivity index (χ4n) is 2.54. The van der Waals surface area contributed by atoms with Crippen LogP contribution < -0.4 is 10.1 Å². The molecule has 0 saturated carbocycles. The number of ether oxygens (including phenoxy) is 1. The van der Waals surface area contributed by atoms with Crippen LogP contribution in [0.1, 0.15) is 23.4 Å². The van der Waals surface area contributed by atoms with Gasteiger partial charge in [-0.25, -0.2) is 4.68 Å². The van der Waals surface area contributed by atoms with Gasteiger partial charge in [0.25, 0.3) is 0 Å². The third-order valence-electron chi connectivity index (χ3n) is 3.78. The lowest BCUT2D eigenvalue weighted by Crippen LogP contribution is -2.23. The van der Waals surface area contributed by atoms with E-state index in [1.165, 1.54) is 0 Å². The number of nitrogens with zero attached hydrogens (tertiary/aromatic N) is 2. The molecule has 0 spiro atoms. The van der Waals surface area contributed by atoms with Crippen LogP contribution in [0.15, 0.2) is 36.9 Å². The fourth-order valence-corrected chi connectivity index (χ4v) is 2.54. The summed E-state index contributed by atoms with van der Waals surface area (Å²) in [6, 6.07) is 7.77. The molecule has 122 valence electrons. The van der Waals surface area contributed by atoms with E-state index in [0.717, 1.165) is 28.4 Å². The molecule has 1 amide bonds. The highest BCUT2D eigenvalue weighted by molar-refractivity contribution is 5.76. The van der Waals surface area contributed by atoms with Crippen LogP contribution in [0, 0.1) is 13.8 Å². The van der Waals surface area contributed by atoms with Crippen molar-refractivity contribution in [1.29, 1.82) is 0 Å². The summed E-state index contributed by atoms with van der Waals surface area (Å²) in [7, 11) is 1.65.